The number of hydrogen-bond acceptors (Lipinski definition) is 1. The van der Waals surface area contributed by atoms with Crippen molar-refractivity contribution < 1.29 is 0 Å². The zero-order valence-corrected chi connectivity index (χ0v) is 32.7. The molecule has 6 aromatic rings. The van der Waals surface area contributed by atoms with Crippen molar-refractivity contribution in [3.05, 3.63) is 160 Å². The highest BCUT2D eigenvalue weighted by molar-refractivity contribution is 5.96. The monoisotopic (exact) mass is 691 g/mol. The lowest BCUT2D eigenvalue weighted by molar-refractivity contribution is 0.332. The molecule has 53 heavy (non-hydrogen) atoms. The number of benzene rings is 6. The molecule has 1 nitrogen and oxygen atoms in total. The molecule has 266 valence electrons. The van der Waals surface area contributed by atoms with Crippen LogP contribution < -0.4 is 4.90 Å². The number of fused-ring (bicyclic) bond motifs is 5. The molecule has 0 fully saturated rings. The van der Waals surface area contributed by atoms with Crippen LogP contribution in [0, 0.1) is 6.92 Å². The SMILES string of the molecule is Cc1ccc2c(c1-c1cc3c(cc1N(c1ccc(-c4ccccc4)cc1)c1ccc4c(c1)C(C)(C)CCC4(C)C)C(C)(C)c1ccccc1-3)CCCC2. The smallest absolute Gasteiger partial charge is 0.0543 e. The summed E-state index contributed by atoms with van der Waals surface area (Å²) >= 11 is 0. The Kier molecular flexibility index (Phi) is 7.90. The molecule has 0 N–H and O–H groups in total. The molecule has 0 spiro atoms. The fourth-order valence-electron chi connectivity index (χ4n) is 10.0. The Morgan fingerprint density at radius 1 is 0.491 bits per heavy atom. The first kappa shape index (κ1) is 33.9. The minimum absolute atomic E-state index is 0.100. The molecule has 0 radical (unpaired) electrons. The van der Waals surface area contributed by atoms with Crippen LogP contribution in [0.25, 0.3) is 33.4 Å². The molecule has 0 amide bonds. The molecule has 0 aliphatic heterocycles. The van der Waals surface area contributed by atoms with E-state index in [9.17, 15) is 0 Å². The van der Waals surface area contributed by atoms with Crippen LogP contribution in [0.3, 0.4) is 0 Å². The second-order valence-electron chi connectivity index (χ2n) is 17.9. The van der Waals surface area contributed by atoms with Gasteiger partial charge in [-0.2, -0.15) is 0 Å². The first-order chi connectivity index (χ1) is 25.4. The fourth-order valence-corrected chi connectivity index (χ4v) is 10.0. The van der Waals surface area contributed by atoms with Crippen molar-refractivity contribution in [3.8, 4) is 33.4 Å². The molecule has 0 unspecified atom stereocenters. The van der Waals surface area contributed by atoms with Gasteiger partial charge in [0.1, 0.15) is 0 Å². The Balaban J connectivity index is 1.35. The van der Waals surface area contributed by atoms with E-state index in [2.05, 4.69) is 175 Å². The van der Waals surface area contributed by atoms with E-state index in [-0.39, 0.29) is 16.2 Å². The Hall–Kier alpha value is -4.88. The second kappa shape index (κ2) is 12.3. The molecule has 0 atom stereocenters. The van der Waals surface area contributed by atoms with Gasteiger partial charge in [0.05, 0.1) is 5.69 Å². The predicted octanol–water partition coefficient (Wildman–Crippen LogP) is 14.3. The van der Waals surface area contributed by atoms with E-state index in [1.54, 1.807) is 5.56 Å². The average Bonchev–Trinajstić information content (AvgIpc) is 3.39. The summed E-state index contributed by atoms with van der Waals surface area (Å²) in [5.41, 5.74) is 22.1. The molecule has 3 aliphatic carbocycles. The Bertz CT molecular complexity index is 2370. The van der Waals surface area contributed by atoms with Crippen LogP contribution in [0.1, 0.15) is 106 Å². The van der Waals surface area contributed by atoms with Gasteiger partial charge in [0, 0.05) is 22.4 Å². The van der Waals surface area contributed by atoms with Crippen molar-refractivity contribution in [3.63, 3.8) is 0 Å². The normalized spacial score (nSPS) is 17.3. The largest absolute Gasteiger partial charge is 0.310 e. The molecule has 0 saturated heterocycles. The van der Waals surface area contributed by atoms with Crippen LogP contribution in [0.4, 0.5) is 17.1 Å². The molecule has 6 aromatic carbocycles. The Labute approximate surface area is 317 Å². The maximum Gasteiger partial charge on any atom is 0.0543 e. The van der Waals surface area contributed by atoms with Crippen LogP contribution in [0.5, 0.6) is 0 Å². The van der Waals surface area contributed by atoms with Crippen molar-refractivity contribution in [2.45, 2.75) is 103 Å². The average molecular weight is 692 g/mol. The quantitative estimate of drug-likeness (QED) is 0.174. The molecular weight excluding hydrogens is 639 g/mol. The second-order valence-corrected chi connectivity index (χ2v) is 17.9. The topological polar surface area (TPSA) is 3.24 Å². The van der Waals surface area contributed by atoms with E-state index in [0.717, 1.165) is 6.42 Å². The lowest BCUT2D eigenvalue weighted by Gasteiger charge is -2.42. The maximum atomic E-state index is 2.60. The van der Waals surface area contributed by atoms with E-state index < -0.39 is 0 Å². The number of aryl methyl sites for hydroxylation is 2. The van der Waals surface area contributed by atoms with Gasteiger partial charge >= 0.3 is 0 Å². The molecule has 1 heteroatoms. The van der Waals surface area contributed by atoms with Gasteiger partial charge in [-0.1, -0.05) is 126 Å². The summed E-state index contributed by atoms with van der Waals surface area (Å²) in [7, 11) is 0. The van der Waals surface area contributed by atoms with Crippen LogP contribution in [-0.2, 0) is 29.1 Å². The standard InChI is InChI=1S/C52H53N/c1-34-21-22-37-17-11-12-18-40(37)49(34)43-32-42-41-19-13-14-20-44(41)52(6,7)46(42)33-48(43)53(38-25-23-36(24-26-38)35-15-9-8-10-16-35)39-27-28-45-47(31-39)51(4,5)30-29-50(45,2)3/h8-10,13-16,19-28,31-33H,11-12,17-18,29-30H2,1-7H3. The van der Waals surface area contributed by atoms with Gasteiger partial charge in [-0.25, -0.2) is 0 Å². The summed E-state index contributed by atoms with van der Waals surface area (Å²) in [5.74, 6) is 0. The lowest BCUT2D eigenvalue weighted by atomic mass is 9.63. The van der Waals surface area contributed by atoms with Crippen molar-refractivity contribution >= 4 is 17.1 Å². The maximum absolute atomic E-state index is 2.60. The van der Waals surface area contributed by atoms with Crippen LogP contribution in [0.2, 0.25) is 0 Å². The highest BCUT2D eigenvalue weighted by Crippen LogP contribution is 2.55. The van der Waals surface area contributed by atoms with Crippen molar-refractivity contribution in [2.24, 2.45) is 0 Å². The predicted molar refractivity (Wildman–Crippen MR) is 226 cm³/mol. The zero-order valence-electron chi connectivity index (χ0n) is 32.7. The Morgan fingerprint density at radius 2 is 1.15 bits per heavy atom. The van der Waals surface area contributed by atoms with Gasteiger partial charge < -0.3 is 4.90 Å². The van der Waals surface area contributed by atoms with E-state index in [4.69, 9.17) is 0 Å². The molecule has 0 heterocycles. The summed E-state index contributed by atoms with van der Waals surface area (Å²) in [6.45, 7) is 16.9. The van der Waals surface area contributed by atoms with E-state index in [1.807, 2.05) is 0 Å². The first-order valence-corrected chi connectivity index (χ1v) is 19.9. The molecule has 3 aliphatic rings. The van der Waals surface area contributed by atoms with Gasteiger partial charge in [0.15, 0.2) is 0 Å². The highest BCUT2D eigenvalue weighted by atomic mass is 15.1. The van der Waals surface area contributed by atoms with Crippen LogP contribution >= 0.6 is 0 Å². The molecule has 9 rings (SSSR count). The summed E-state index contributed by atoms with van der Waals surface area (Å²) in [5, 5.41) is 0. The summed E-state index contributed by atoms with van der Waals surface area (Å²) in [6.07, 6.45) is 7.22. The lowest BCUT2D eigenvalue weighted by Crippen LogP contribution is -2.34. The number of rotatable bonds is 5. The molecule has 0 aromatic heterocycles. The summed E-state index contributed by atoms with van der Waals surface area (Å²) < 4.78 is 0. The molecule has 0 saturated carbocycles. The highest BCUT2D eigenvalue weighted by Gasteiger charge is 2.39. The third-order valence-corrected chi connectivity index (χ3v) is 13.3. The third-order valence-electron chi connectivity index (χ3n) is 13.3. The first-order valence-electron chi connectivity index (χ1n) is 19.9. The van der Waals surface area contributed by atoms with Crippen molar-refractivity contribution in [1.82, 2.24) is 0 Å². The van der Waals surface area contributed by atoms with Gasteiger partial charge in [-0.3, -0.25) is 0 Å². The van der Waals surface area contributed by atoms with Gasteiger partial charge in [0.25, 0.3) is 0 Å². The number of nitrogens with zero attached hydrogens (tertiary/aromatic N) is 1. The van der Waals surface area contributed by atoms with Crippen LogP contribution in [-0.4, -0.2) is 0 Å². The summed E-state index contributed by atoms with van der Waals surface area (Å²) in [6, 6.07) is 46.6. The van der Waals surface area contributed by atoms with E-state index >= 15 is 0 Å². The summed E-state index contributed by atoms with van der Waals surface area (Å²) in [4.78, 5) is 2.60. The molecule has 0 bridgehead atoms. The third kappa shape index (κ3) is 5.50. The van der Waals surface area contributed by atoms with E-state index in [1.165, 1.54) is 116 Å². The van der Waals surface area contributed by atoms with Crippen molar-refractivity contribution in [2.75, 3.05) is 4.90 Å². The number of anilines is 3. The Morgan fingerprint density at radius 3 is 1.92 bits per heavy atom. The van der Waals surface area contributed by atoms with Crippen LogP contribution in [0.15, 0.2) is 121 Å². The van der Waals surface area contributed by atoms with Gasteiger partial charge in [-0.15, -0.1) is 0 Å². The fraction of sp³-hybridized carbons (Fsp3) is 0.308. The van der Waals surface area contributed by atoms with Gasteiger partial charge in [0.2, 0.25) is 0 Å². The minimum atomic E-state index is -0.116. The van der Waals surface area contributed by atoms with E-state index in [0.29, 0.717) is 0 Å². The minimum Gasteiger partial charge on any atom is -0.310 e. The number of hydrogen-bond donors (Lipinski definition) is 0. The molecular formula is C52H53N. The van der Waals surface area contributed by atoms with Crippen molar-refractivity contribution in [1.29, 1.82) is 0 Å². The zero-order chi connectivity index (χ0) is 36.7. The van der Waals surface area contributed by atoms with Gasteiger partial charge in [-0.05, 0) is 159 Å².